The Morgan fingerprint density at radius 1 is 1.44 bits per heavy atom. The number of nitrogens with zero attached hydrogens (tertiary/aromatic N) is 3. The molecule has 1 unspecified atom stereocenters. The molecule has 1 heterocycles. The molecule has 0 N–H and O–H groups in total. The van der Waals surface area contributed by atoms with Crippen LogP contribution in [0.1, 0.15) is 22.0 Å². The van der Waals surface area contributed by atoms with Gasteiger partial charge in [-0.05, 0) is 17.7 Å². The van der Waals surface area contributed by atoms with Gasteiger partial charge < -0.3 is 4.57 Å². The van der Waals surface area contributed by atoms with Gasteiger partial charge in [0.2, 0.25) is 5.78 Å². The van der Waals surface area contributed by atoms with Gasteiger partial charge in [0, 0.05) is 17.7 Å². The fourth-order valence-corrected chi connectivity index (χ4v) is 1.89. The molecule has 1 aromatic heterocycles. The van der Waals surface area contributed by atoms with Gasteiger partial charge in [0.25, 0.3) is 0 Å². The minimum atomic E-state index is -0.812. The van der Waals surface area contributed by atoms with E-state index in [1.54, 1.807) is 36.3 Å². The third-order valence-corrected chi connectivity index (χ3v) is 3.08. The molecule has 90 valence electrons. The van der Waals surface area contributed by atoms with E-state index in [9.17, 15) is 10.1 Å². The van der Waals surface area contributed by atoms with Gasteiger partial charge in [0.15, 0.2) is 0 Å². The Balaban J connectivity index is 2.32. The predicted octanol–water partition coefficient (Wildman–Crippen LogP) is 2.67. The monoisotopic (exact) mass is 303 g/mol. The smallest absolute Gasteiger partial charge is 0.204 e. The summed E-state index contributed by atoms with van der Waals surface area (Å²) in [6.45, 7) is 0. The Morgan fingerprint density at radius 3 is 2.61 bits per heavy atom. The normalized spacial score (nSPS) is 11.8. The highest BCUT2D eigenvalue weighted by Gasteiger charge is 2.23. The Morgan fingerprint density at radius 2 is 2.11 bits per heavy atom. The molecule has 0 radical (unpaired) electrons. The van der Waals surface area contributed by atoms with E-state index in [0.717, 1.165) is 4.47 Å². The maximum atomic E-state index is 12.2. The number of carbonyl (C=O) groups is 1. The maximum Gasteiger partial charge on any atom is 0.204 e. The molecule has 1 atom stereocenters. The molecule has 0 aliphatic rings. The molecule has 0 aliphatic heterocycles. The van der Waals surface area contributed by atoms with Crippen molar-refractivity contribution >= 4 is 21.7 Å². The zero-order valence-electron chi connectivity index (χ0n) is 9.67. The van der Waals surface area contributed by atoms with Crippen molar-refractivity contribution in [3.05, 3.63) is 52.5 Å². The molecule has 0 fully saturated rings. The number of hydrogen-bond acceptors (Lipinski definition) is 3. The van der Waals surface area contributed by atoms with Crippen LogP contribution in [-0.2, 0) is 7.05 Å². The van der Waals surface area contributed by atoms with Crippen LogP contribution in [0, 0.1) is 11.3 Å². The first kappa shape index (κ1) is 12.5. The second-order valence-corrected chi connectivity index (χ2v) is 4.82. The summed E-state index contributed by atoms with van der Waals surface area (Å²) in [5.74, 6) is -1.09. The summed E-state index contributed by atoms with van der Waals surface area (Å²) in [5.41, 5.74) is 0.989. The van der Waals surface area contributed by atoms with E-state index in [1.165, 1.54) is 0 Å². The second kappa shape index (κ2) is 5.15. The van der Waals surface area contributed by atoms with Crippen molar-refractivity contribution in [3.63, 3.8) is 0 Å². The lowest BCUT2D eigenvalue weighted by atomic mass is 9.95. The van der Waals surface area contributed by atoms with Gasteiger partial charge in [-0.1, -0.05) is 28.1 Å². The number of imidazole rings is 1. The van der Waals surface area contributed by atoms with Crippen molar-refractivity contribution in [2.45, 2.75) is 5.92 Å². The quantitative estimate of drug-likeness (QED) is 0.819. The summed E-state index contributed by atoms with van der Waals surface area (Å²) in [6.07, 6.45) is 3.16. The third-order valence-electron chi connectivity index (χ3n) is 2.55. The number of benzene rings is 1. The average Bonchev–Trinajstić information content (AvgIpc) is 2.79. The van der Waals surface area contributed by atoms with E-state index < -0.39 is 5.92 Å². The summed E-state index contributed by atoms with van der Waals surface area (Å²) in [6, 6.07) is 9.18. The minimum Gasteiger partial charge on any atom is -0.340 e. The predicted molar refractivity (Wildman–Crippen MR) is 70.0 cm³/mol. The molecule has 0 saturated heterocycles. The summed E-state index contributed by atoms with van der Waals surface area (Å²) >= 11 is 3.32. The van der Waals surface area contributed by atoms with Crippen molar-refractivity contribution in [2.24, 2.45) is 7.05 Å². The number of Topliss-reactive ketones (excluding diaryl/α,β-unsaturated/α-hetero) is 1. The molecule has 0 spiro atoms. The molecule has 4 nitrogen and oxygen atoms in total. The summed E-state index contributed by atoms with van der Waals surface area (Å²) in [5, 5.41) is 9.17. The van der Waals surface area contributed by atoms with Crippen LogP contribution in [0.5, 0.6) is 0 Å². The van der Waals surface area contributed by atoms with Gasteiger partial charge in [-0.15, -0.1) is 0 Å². The zero-order chi connectivity index (χ0) is 13.1. The van der Waals surface area contributed by atoms with E-state index in [0.29, 0.717) is 11.3 Å². The molecule has 1 aromatic carbocycles. The summed E-state index contributed by atoms with van der Waals surface area (Å²) in [7, 11) is 1.78. The Hall–Kier alpha value is -1.93. The van der Waals surface area contributed by atoms with Crippen LogP contribution >= 0.6 is 15.9 Å². The van der Waals surface area contributed by atoms with Crippen LogP contribution in [0.3, 0.4) is 0 Å². The van der Waals surface area contributed by atoms with Gasteiger partial charge in [0.05, 0.1) is 12.4 Å². The number of nitriles is 1. The lowest BCUT2D eigenvalue weighted by Gasteiger charge is -2.06. The van der Waals surface area contributed by atoms with Crippen molar-refractivity contribution in [2.75, 3.05) is 0 Å². The number of ketones is 1. The number of halogens is 1. The van der Waals surface area contributed by atoms with Crippen molar-refractivity contribution in [1.29, 1.82) is 5.26 Å². The zero-order valence-corrected chi connectivity index (χ0v) is 11.3. The van der Waals surface area contributed by atoms with Crippen molar-refractivity contribution < 1.29 is 4.79 Å². The van der Waals surface area contributed by atoms with Gasteiger partial charge in [-0.3, -0.25) is 4.79 Å². The van der Waals surface area contributed by atoms with E-state index >= 15 is 0 Å². The average molecular weight is 304 g/mol. The molecule has 2 rings (SSSR count). The van der Waals surface area contributed by atoms with Crippen molar-refractivity contribution in [1.82, 2.24) is 9.55 Å². The Labute approximate surface area is 113 Å². The molecule has 0 aliphatic carbocycles. The topological polar surface area (TPSA) is 58.7 Å². The highest BCUT2D eigenvalue weighted by Crippen LogP contribution is 2.21. The molecule has 0 bridgehead atoms. The van der Waals surface area contributed by atoms with Crippen LogP contribution in [0.25, 0.3) is 0 Å². The lowest BCUT2D eigenvalue weighted by Crippen LogP contribution is -2.11. The highest BCUT2D eigenvalue weighted by atomic mass is 79.9. The van der Waals surface area contributed by atoms with Crippen LogP contribution in [0.4, 0.5) is 0 Å². The first-order valence-corrected chi connectivity index (χ1v) is 6.08. The maximum absolute atomic E-state index is 12.2. The van der Waals surface area contributed by atoms with Crippen molar-refractivity contribution in [3.8, 4) is 6.07 Å². The molecule has 0 amide bonds. The van der Waals surface area contributed by atoms with Crippen LogP contribution in [0.2, 0.25) is 0 Å². The fourth-order valence-electron chi connectivity index (χ4n) is 1.63. The fraction of sp³-hybridized carbons (Fsp3) is 0.154. The number of aryl methyl sites for hydroxylation is 1. The molecule has 5 heteroatoms. The molecular weight excluding hydrogens is 294 g/mol. The number of aromatic nitrogens is 2. The van der Waals surface area contributed by atoms with E-state index in [1.807, 2.05) is 18.2 Å². The van der Waals surface area contributed by atoms with Crippen LogP contribution in [-0.4, -0.2) is 15.3 Å². The third kappa shape index (κ3) is 2.49. The van der Waals surface area contributed by atoms with Gasteiger partial charge >= 0.3 is 0 Å². The van der Waals surface area contributed by atoms with E-state index in [-0.39, 0.29) is 5.78 Å². The minimum absolute atomic E-state index is 0.277. The van der Waals surface area contributed by atoms with Crippen LogP contribution < -0.4 is 0 Å². The largest absolute Gasteiger partial charge is 0.340 e. The first-order chi connectivity index (χ1) is 8.61. The highest BCUT2D eigenvalue weighted by molar-refractivity contribution is 9.10. The lowest BCUT2D eigenvalue weighted by molar-refractivity contribution is 0.0974. The molecule has 18 heavy (non-hydrogen) atoms. The van der Waals surface area contributed by atoms with E-state index in [2.05, 4.69) is 20.9 Å². The number of rotatable bonds is 3. The molecule has 2 aromatic rings. The van der Waals surface area contributed by atoms with Gasteiger partial charge in [-0.25, -0.2) is 4.98 Å². The molecular formula is C13H10BrN3O. The first-order valence-electron chi connectivity index (χ1n) is 5.29. The summed E-state index contributed by atoms with van der Waals surface area (Å²) in [4.78, 5) is 16.1. The standard InChI is InChI=1S/C13H10BrN3O/c1-17-7-12(16-8-17)13(18)11(6-15)9-2-4-10(14)5-3-9/h2-5,7-8,11H,1H3. The SMILES string of the molecule is Cn1cnc(C(=O)C(C#N)c2ccc(Br)cc2)c1. The Bertz CT molecular complexity index is 610. The molecule has 0 saturated carbocycles. The van der Waals surface area contributed by atoms with E-state index in [4.69, 9.17) is 0 Å². The number of hydrogen-bond donors (Lipinski definition) is 0. The second-order valence-electron chi connectivity index (χ2n) is 3.90. The van der Waals surface area contributed by atoms with Gasteiger partial charge in [-0.2, -0.15) is 5.26 Å². The number of carbonyl (C=O) groups excluding carboxylic acids is 1. The van der Waals surface area contributed by atoms with Gasteiger partial charge in [0.1, 0.15) is 11.6 Å². The summed E-state index contributed by atoms with van der Waals surface area (Å²) < 4.78 is 2.59. The Kier molecular flexibility index (Phi) is 3.58. The van der Waals surface area contributed by atoms with Crippen LogP contribution in [0.15, 0.2) is 41.3 Å².